The van der Waals surface area contributed by atoms with E-state index >= 15 is 0 Å². The lowest BCUT2D eigenvalue weighted by Gasteiger charge is -2.15. The molecule has 0 saturated heterocycles. The summed E-state index contributed by atoms with van der Waals surface area (Å²) in [5.41, 5.74) is 1.07. The van der Waals surface area contributed by atoms with Gasteiger partial charge in [0, 0.05) is 36.9 Å². The number of hydrogen-bond donors (Lipinski definition) is 3. The Hall–Kier alpha value is -1.01. The molecule has 1 aromatic rings. The fourth-order valence-electron chi connectivity index (χ4n) is 1.81. The second-order valence-corrected chi connectivity index (χ2v) is 6.43. The zero-order valence-electron chi connectivity index (χ0n) is 13.6. The maximum absolute atomic E-state index is 8.75. The fraction of sp³-hybridized carbons (Fsp3) is 0.733. The lowest BCUT2D eigenvalue weighted by molar-refractivity contribution is 0.296. The molecule has 0 radical (unpaired) electrons. The number of aromatic nitrogens is 2. The molecule has 0 spiro atoms. The Bertz CT molecular complexity index is 426. The van der Waals surface area contributed by atoms with Crippen molar-refractivity contribution in [1.29, 1.82) is 0 Å². The minimum absolute atomic E-state index is 0.273. The van der Waals surface area contributed by atoms with E-state index in [1.54, 1.807) is 0 Å². The van der Waals surface area contributed by atoms with Crippen molar-refractivity contribution < 1.29 is 5.11 Å². The highest BCUT2D eigenvalue weighted by Gasteiger charge is 2.12. The minimum atomic E-state index is 0.273. The topological polar surface area (TPSA) is 70.1 Å². The van der Waals surface area contributed by atoms with Gasteiger partial charge in [-0.15, -0.1) is 0 Å². The summed E-state index contributed by atoms with van der Waals surface area (Å²) >= 11 is 1.85. The number of aliphatic hydroxyl groups excluding tert-OH is 1. The summed E-state index contributed by atoms with van der Waals surface area (Å²) < 4.78 is 0. The molecule has 1 aromatic heterocycles. The third-order valence-electron chi connectivity index (χ3n) is 3.01. The number of anilines is 2. The molecule has 0 unspecified atom stereocenters. The van der Waals surface area contributed by atoms with E-state index in [4.69, 9.17) is 5.11 Å². The summed E-state index contributed by atoms with van der Waals surface area (Å²) in [7, 11) is 0. The van der Waals surface area contributed by atoms with Crippen molar-refractivity contribution in [3.8, 4) is 0 Å². The molecular weight excluding hydrogens is 284 g/mol. The molecule has 0 bridgehead atoms. The Kier molecular flexibility index (Phi) is 8.45. The SMILES string of the molecule is CCNc1nc(C(C)C)nc(NCCSCCCO)c1C. The third kappa shape index (κ3) is 6.09. The lowest BCUT2D eigenvalue weighted by atomic mass is 10.2. The molecule has 21 heavy (non-hydrogen) atoms. The Morgan fingerprint density at radius 3 is 2.38 bits per heavy atom. The molecule has 3 N–H and O–H groups in total. The van der Waals surface area contributed by atoms with E-state index in [1.165, 1.54) is 0 Å². The van der Waals surface area contributed by atoms with Crippen LogP contribution in [0.1, 0.15) is 44.5 Å². The van der Waals surface area contributed by atoms with Crippen LogP contribution in [0.5, 0.6) is 0 Å². The zero-order valence-corrected chi connectivity index (χ0v) is 14.4. The maximum atomic E-state index is 8.75. The summed E-state index contributed by atoms with van der Waals surface area (Å²) in [5, 5.41) is 15.5. The predicted molar refractivity (Wildman–Crippen MR) is 92.5 cm³/mol. The molecule has 5 nitrogen and oxygen atoms in total. The normalized spacial score (nSPS) is 11.0. The zero-order chi connectivity index (χ0) is 15.7. The molecule has 0 amide bonds. The van der Waals surface area contributed by atoms with Crippen molar-refractivity contribution in [1.82, 2.24) is 9.97 Å². The first-order valence-electron chi connectivity index (χ1n) is 7.65. The number of nitrogens with one attached hydrogen (secondary N) is 2. The highest BCUT2D eigenvalue weighted by molar-refractivity contribution is 7.99. The second-order valence-electron chi connectivity index (χ2n) is 5.21. The van der Waals surface area contributed by atoms with Crippen LogP contribution < -0.4 is 10.6 Å². The molecule has 0 fully saturated rings. The molecule has 0 aromatic carbocycles. The first-order valence-corrected chi connectivity index (χ1v) is 8.80. The number of thioether (sulfide) groups is 1. The van der Waals surface area contributed by atoms with Crippen LogP contribution in [0.25, 0.3) is 0 Å². The summed E-state index contributed by atoms with van der Waals surface area (Å²) in [6.07, 6.45) is 0.860. The molecule has 1 rings (SSSR count). The van der Waals surface area contributed by atoms with Crippen molar-refractivity contribution in [3.63, 3.8) is 0 Å². The van der Waals surface area contributed by atoms with Crippen LogP contribution in [-0.4, -0.2) is 46.3 Å². The Morgan fingerprint density at radius 2 is 1.81 bits per heavy atom. The van der Waals surface area contributed by atoms with Crippen molar-refractivity contribution in [2.24, 2.45) is 0 Å². The monoisotopic (exact) mass is 312 g/mol. The summed E-state index contributed by atoms with van der Waals surface area (Å²) in [6.45, 7) is 10.3. The Morgan fingerprint density at radius 1 is 1.14 bits per heavy atom. The van der Waals surface area contributed by atoms with Crippen LogP contribution in [0.2, 0.25) is 0 Å². The third-order valence-corrected chi connectivity index (χ3v) is 4.08. The molecule has 0 aliphatic rings. The molecular formula is C15H28N4OS. The summed E-state index contributed by atoms with van der Waals surface area (Å²) in [5.74, 6) is 5.03. The van der Waals surface area contributed by atoms with Crippen LogP contribution in [0.15, 0.2) is 0 Å². The van der Waals surface area contributed by atoms with Crippen molar-refractivity contribution in [3.05, 3.63) is 11.4 Å². The Labute approximate surface area is 132 Å². The smallest absolute Gasteiger partial charge is 0.135 e. The standard InChI is InChI=1S/C15H28N4OS/c1-5-16-14-12(4)15(19-13(18-14)11(2)3)17-7-10-21-9-6-8-20/h11,20H,5-10H2,1-4H3,(H2,16,17,18,19). The molecule has 0 saturated carbocycles. The van der Waals surface area contributed by atoms with Crippen molar-refractivity contribution in [2.75, 3.05) is 41.8 Å². The highest BCUT2D eigenvalue weighted by atomic mass is 32.2. The minimum Gasteiger partial charge on any atom is -0.396 e. The van der Waals surface area contributed by atoms with Gasteiger partial charge < -0.3 is 15.7 Å². The molecule has 0 atom stereocenters. The first kappa shape index (κ1) is 18.0. The van der Waals surface area contributed by atoms with Gasteiger partial charge in [-0.2, -0.15) is 11.8 Å². The molecule has 0 aliphatic carbocycles. The van der Waals surface area contributed by atoms with Crippen LogP contribution in [0, 0.1) is 6.92 Å². The van der Waals surface area contributed by atoms with Gasteiger partial charge in [0.1, 0.15) is 17.5 Å². The maximum Gasteiger partial charge on any atom is 0.135 e. The van der Waals surface area contributed by atoms with Crippen LogP contribution in [-0.2, 0) is 0 Å². The van der Waals surface area contributed by atoms with Gasteiger partial charge in [0.2, 0.25) is 0 Å². The molecule has 120 valence electrons. The average molecular weight is 312 g/mol. The van der Waals surface area contributed by atoms with Crippen molar-refractivity contribution >= 4 is 23.4 Å². The van der Waals surface area contributed by atoms with Gasteiger partial charge in [0.25, 0.3) is 0 Å². The number of hydrogen-bond acceptors (Lipinski definition) is 6. The summed E-state index contributed by atoms with van der Waals surface area (Å²) in [4.78, 5) is 9.23. The molecule has 0 aliphatic heterocycles. The van der Waals surface area contributed by atoms with Gasteiger partial charge >= 0.3 is 0 Å². The van der Waals surface area contributed by atoms with Gasteiger partial charge in [-0.1, -0.05) is 13.8 Å². The van der Waals surface area contributed by atoms with E-state index in [0.29, 0.717) is 5.92 Å². The number of nitrogens with zero attached hydrogens (tertiary/aromatic N) is 2. The van der Waals surface area contributed by atoms with Gasteiger partial charge in [0.05, 0.1) is 0 Å². The van der Waals surface area contributed by atoms with E-state index in [-0.39, 0.29) is 6.61 Å². The van der Waals surface area contributed by atoms with Gasteiger partial charge in [-0.05, 0) is 26.0 Å². The van der Waals surface area contributed by atoms with Crippen molar-refractivity contribution in [2.45, 2.75) is 40.0 Å². The van der Waals surface area contributed by atoms with Gasteiger partial charge in [-0.25, -0.2) is 9.97 Å². The predicted octanol–water partition coefficient (Wildman–Crippen LogP) is 2.87. The quantitative estimate of drug-likeness (QED) is 0.577. The molecule has 1 heterocycles. The number of aliphatic hydroxyl groups is 1. The first-order chi connectivity index (χ1) is 10.1. The largest absolute Gasteiger partial charge is 0.396 e. The van der Waals surface area contributed by atoms with Gasteiger partial charge in [0.15, 0.2) is 0 Å². The van der Waals surface area contributed by atoms with Gasteiger partial charge in [-0.3, -0.25) is 0 Å². The fourth-order valence-corrected chi connectivity index (χ4v) is 2.60. The van der Waals surface area contributed by atoms with Crippen LogP contribution in [0.4, 0.5) is 11.6 Å². The molecule has 6 heteroatoms. The summed E-state index contributed by atoms with van der Waals surface area (Å²) in [6, 6.07) is 0. The van der Waals surface area contributed by atoms with E-state index in [0.717, 1.165) is 54.0 Å². The second kappa shape index (κ2) is 9.84. The lowest BCUT2D eigenvalue weighted by Crippen LogP contribution is -2.13. The van der Waals surface area contributed by atoms with E-state index in [1.807, 2.05) is 18.7 Å². The van der Waals surface area contributed by atoms with E-state index in [9.17, 15) is 0 Å². The van der Waals surface area contributed by atoms with Crippen LogP contribution >= 0.6 is 11.8 Å². The number of rotatable bonds is 10. The highest BCUT2D eigenvalue weighted by Crippen LogP contribution is 2.23. The van der Waals surface area contributed by atoms with E-state index < -0.39 is 0 Å². The average Bonchev–Trinajstić information content (AvgIpc) is 2.46. The van der Waals surface area contributed by atoms with Crippen LogP contribution in [0.3, 0.4) is 0 Å². The van der Waals surface area contributed by atoms with E-state index in [2.05, 4.69) is 41.4 Å². The Balaban J connectivity index is 2.66.